The molecule has 0 fully saturated rings. The summed E-state index contributed by atoms with van der Waals surface area (Å²) in [7, 11) is 0. The summed E-state index contributed by atoms with van der Waals surface area (Å²) in [5.41, 5.74) is 2.62. The van der Waals surface area contributed by atoms with Crippen LogP contribution in [-0.4, -0.2) is 27.6 Å². The summed E-state index contributed by atoms with van der Waals surface area (Å²) >= 11 is 5.98. The van der Waals surface area contributed by atoms with E-state index >= 15 is 0 Å². The van der Waals surface area contributed by atoms with Gasteiger partial charge in [-0.1, -0.05) is 29.3 Å². The molecule has 0 bridgehead atoms. The number of carbonyl (C=O) groups is 1. The van der Waals surface area contributed by atoms with Crippen LogP contribution in [0, 0.1) is 0 Å². The van der Waals surface area contributed by atoms with Crippen molar-refractivity contribution in [2.75, 3.05) is 0 Å². The molecule has 2 rings (SSSR count). The van der Waals surface area contributed by atoms with Crippen molar-refractivity contribution >= 4 is 17.7 Å². The molecule has 0 aromatic carbocycles. The monoisotopic (exact) mass is 322 g/mol. The van der Waals surface area contributed by atoms with Crippen molar-refractivity contribution in [3.63, 3.8) is 0 Å². The number of hydrogen-bond donors (Lipinski definition) is 0. The molecule has 1 unspecified atom stereocenters. The molecule has 1 aliphatic rings. The third kappa shape index (κ3) is 4.23. The summed E-state index contributed by atoms with van der Waals surface area (Å²) in [6.45, 7) is 10.2. The largest absolute Gasteiger partial charge is 0.444 e. The van der Waals surface area contributed by atoms with Crippen molar-refractivity contribution in [3.8, 4) is 0 Å². The molecule has 120 valence electrons. The fourth-order valence-electron chi connectivity index (χ4n) is 2.49. The van der Waals surface area contributed by atoms with Crippen LogP contribution in [0.2, 0.25) is 5.15 Å². The van der Waals surface area contributed by atoms with Crippen LogP contribution in [0.3, 0.4) is 0 Å². The number of nitrogens with zero attached hydrogens (tertiary/aromatic N) is 2. The fraction of sp³-hybridized carbons (Fsp3) is 0.529. The van der Waals surface area contributed by atoms with Gasteiger partial charge in [0.25, 0.3) is 0 Å². The van der Waals surface area contributed by atoms with Crippen LogP contribution >= 0.6 is 11.6 Å². The molecule has 2 heterocycles. The van der Waals surface area contributed by atoms with E-state index in [1.807, 2.05) is 40.7 Å². The maximum atomic E-state index is 12.5. The molecule has 0 aliphatic carbocycles. The number of hydrogen-bond acceptors (Lipinski definition) is 3. The van der Waals surface area contributed by atoms with Crippen molar-refractivity contribution in [3.05, 3.63) is 40.2 Å². The Bertz CT molecular complexity index is 601. The second-order valence-corrected chi connectivity index (χ2v) is 7.25. The summed E-state index contributed by atoms with van der Waals surface area (Å²) in [6.07, 6.45) is 2.44. The lowest BCUT2D eigenvalue weighted by molar-refractivity contribution is 0.0162. The SMILES string of the molecule is CC(C)=CC1Cc2nc(Cl)ccc2CN1C(=O)OC(C)(C)C. The number of fused-ring (bicyclic) bond motifs is 1. The molecule has 0 N–H and O–H groups in total. The lowest BCUT2D eigenvalue weighted by Gasteiger charge is -2.36. The van der Waals surface area contributed by atoms with E-state index in [-0.39, 0.29) is 12.1 Å². The Hall–Kier alpha value is -1.55. The molecule has 1 aromatic heterocycles. The van der Waals surface area contributed by atoms with E-state index < -0.39 is 5.60 Å². The maximum absolute atomic E-state index is 12.5. The zero-order valence-corrected chi connectivity index (χ0v) is 14.6. The topological polar surface area (TPSA) is 42.4 Å². The van der Waals surface area contributed by atoms with Gasteiger partial charge < -0.3 is 4.74 Å². The molecule has 0 radical (unpaired) electrons. The predicted molar refractivity (Wildman–Crippen MR) is 87.9 cm³/mol. The van der Waals surface area contributed by atoms with Gasteiger partial charge in [0.2, 0.25) is 0 Å². The maximum Gasteiger partial charge on any atom is 0.411 e. The minimum atomic E-state index is -0.509. The van der Waals surface area contributed by atoms with Crippen LogP contribution < -0.4 is 0 Å². The number of aromatic nitrogens is 1. The molecule has 0 saturated carbocycles. The van der Waals surface area contributed by atoms with E-state index in [2.05, 4.69) is 11.1 Å². The standard InChI is InChI=1S/C17H23ClN2O2/c1-11(2)8-13-9-14-12(6-7-15(18)19-14)10-20(13)16(21)22-17(3,4)5/h6-8,13H,9-10H2,1-5H3. The Kier molecular flexibility index (Phi) is 4.81. The van der Waals surface area contributed by atoms with E-state index in [0.29, 0.717) is 18.1 Å². The normalized spacial score (nSPS) is 17.7. The molecule has 1 aromatic rings. The Morgan fingerprint density at radius 1 is 1.41 bits per heavy atom. The number of halogens is 1. The molecule has 1 atom stereocenters. The molecule has 22 heavy (non-hydrogen) atoms. The van der Waals surface area contributed by atoms with Crippen LogP contribution in [0.5, 0.6) is 0 Å². The molecular formula is C17H23ClN2O2. The highest BCUT2D eigenvalue weighted by molar-refractivity contribution is 6.29. The number of amides is 1. The molecule has 0 spiro atoms. The fourth-order valence-corrected chi connectivity index (χ4v) is 2.65. The highest BCUT2D eigenvalue weighted by atomic mass is 35.5. The molecule has 1 aliphatic heterocycles. The summed E-state index contributed by atoms with van der Waals surface area (Å²) in [4.78, 5) is 18.7. The Morgan fingerprint density at radius 2 is 2.09 bits per heavy atom. The van der Waals surface area contributed by atoms with Gasteiger partial charge in [0.1, 0.15) is 10.8 Å². The first-order valence-electron chi connectivity index (χ1n) is 7.44. The van der Waals surface area contributed by atoms with Crippen LogP contribution in [0.4, 0.5) is 4.79 Å². The number of carbonyl (C=O) groups excluding carboxylic acids is 1. The first kappa shape index (κ1) is 16.8. The molecule has 0 saturated heterocycles. The van der Waals surface area contributed by atoms with Crippen molar-refractivity contribution in [2.45, 2.75) is 59.2 Å². The highest BCUT2D eigenvalue weighted by Crippen LogP contribution is 2.26. The second-order valence-electron chi connectivity index (χ2n) is 6.86. The van der Waals surface area contributed by atoms with Gasteiger partial charge in [0.15, 0.2) is 0 Å². The number of ether oxygens (including phenoxy) is 1. The van der Waals surface area contributed by atoms with Crippen molar-refractivity contribution in [1.29, 1.82) is 0 Å². The average molecular weight is 323 g/mol. The summed E-state index contributed by atoms with van der Waals surface area (Å²) in [5.74, 6) is 0. The summed E-state index contributed by atoms with van der Waals surface area (Å²) in [5, 5.41) is 0.486. The first-order chi connectivity index (χ1) is 10.2. The second kappa shape index (κ2) is 6.29. The van der Waals surface area contributed by atoms with Gasteiger partial charge in [-0.05, 0) is 46.2 Å². The van der Waals surface area contributed by atoms with Crippen molar-refractivity contribution < 1.29 is 9.53 Å². The van der Waals surface area contributed by atoms with Crippen LogP contribution in [0.25, 0.3) is 0 Å². The van der Waals surface area contributed by atoms with Crippen molar-refractivity contribution in [2.24, 2.45) is 0 Å². The summed E-state index contributed by atoms with van der Waals surface area (Å²) in [6, 6.07) is 3.63. The minimum Gasteiger partial charge on any atom is -0.444 e. The predicted octanol–water partition coefficient (Wildman–Crippen LogP) is 4.36. The number of rotatable bonds is 1. The highest BCUT2D eigenvalue weighted by Gasteiger charge is 2.32. The van der Waals surface area contributed by atoms with E-state index in [4.69, 9.17) is 16.3 Å². The van der Waals surface area contributed by atoms with Crippen molar-refractivity contribution in [1.82, 2.24) is 9.88 Å². The van der Waals surface area contributed by atoms with Crippen LogP contribution in [-0.2, 0) is 17.7 Å². The molecular weight excluding hydrogens is 300 g/mol. The third-order valence-electron chi connectivity index (χ3n) is 3.33. The quantitative estimate of drug-likeness (QED) is 0.570. The lowest BCUT2D eigenvalue weighted by Crippen LogP contribution is -2.46. The molecule has 4 nitrogen and oxygen atoms in total. The van der Waals surface area contributed by atoms with E-state index in [1.54, 1.807) is 11.0 Å². The van der Waals surface area contributed by atoms with Gasteiger partial charge in [-0.15, -0.1) is 0 Å². The smallest absolute Gasteiger partial charge is 0.411 e. The van der Waals surface area contributed by atoms with Gasteiger partial charge in [-0.3, -0.25) is 4.90 Å². The lowest BCUT2D eigenvalue weighted by atomic mass is 9.97. The van der Waals surface area contributed by atoms with Crippen LogP contribution in [0.1, 0.15) is 45.9 Å². The van der Waals surface area contributed by atoms with Gasteiger partial charge in [-0.25, -0.2) is 9.78 Å². The van der Waals surface area contributed by atoms with E-state index in [1.165, 1.54) is 0 Å². The minimum absolute atomic E-state index is 0.0571. The van der Waals surface area contributed by atoms with Gasteiger partial charge in [-0.2, -0.15) is 0 Å². The molecule has 5 heteroatoms. The number of allylic oxidation sites excluding steroid dienone is 1. The Morgan fingerprint density at radius 3 is 2.68 bits per heavy atom. The first-order valence-corrected chi connectivity index (χ1v) is 7.82. The van der Waals surface area contributed by atoms with Crippen LogP contribution in [0.15, 0.2) is 23.8 Å². The summed E-state index contributed by atoms with van der Waals surface area (Å²) < 4.78 is 5.54. The zero-order valence-electron chi connectivity index (χ0n) is 13.8. The zero-order chi connectivity index (χ0) is 16.5. The van der Waals surface area contributed by atoms with Gasteiger partial charge >= 0.3 is 6.09 Å². The number of pyridine rings is 1. The van der Waals surface area contributed by atoms with E-state index in [0.717, 1.165) is 16.8 Å². The van der Waals surface area contributed by atoms with Gasteiger partial charge in [0.05, 0.1) is 12.6 Å². The molecule has 1 amide bonds. The Balaban J connectivity index is 2.32. The average Bonchev–Trinajstić information content (AvgIpc) is 2.34. The van der Waals surface area contributed by atoms with Gasteiger partial charge in [0, 0.05) is 12.1 Å². The Labute approximate surface area is 137 Å². The van der Waals surface area contributed by atoms with E-state index in [9.17, 15) is 4.79 Å². The third-order valence-corrected chi connectivity index (χ3v) is 3.54.